The second-order valence-corrected chi connectivity index (χ2v) is 5.22. The molecule has 3 N–H and O–H groups in total. The lowest BCUT2D eigenvalue weighted by Crippen LogP contribution is -2.48. The highest BCUT2D eigenvalue weighted by Crippen LogP contribution is 2.12. The Bertz CT molecular complexity index is 853. The van der Waals surface area contributed by atoms with Gasteiger partial charge in [0.1, 0.15) is 0 Å². The van der Waals surface area contributed by atoms with Crippen LogP contribution in [0.2, 0.25) is 0 Å². The first-order chi connectivity index (χ1) is 12.5. The summed E-state index contributed by atoms with van der Waals surface area (Å²) in [5.74, 6) is -0.968. The zero-order chi connectivity index (χ0) is 18.9. The van der Waals surface area contributed by atoms with Crippen LogP contribution in [0.3, 0.4) is 0 Å². The number of nitrogens with one attached hydrogen (secondary N) is 3. The molecule has 0 saturated carbocycles. The van der Waals surface area contributed by atoms with Crippen LogP contribution in [0.1, 0.15) is 15.9 Å². The van der Waals surface area contributed by atoms with Crippen LogP contribution in [0.15, 0.2) is 54.9 Å². The van der Waals surface area contributed by atoms with Crippen molar-refractivity contribution in [3.63, 3.8) is 0 Å². The Kier molecular flexibility index (Phi) is 6.46. The molecule has 0 bridgehead atoms. The minimum atomic E-state index is -0.529. The van der Waals surface area contributed by atoms with E-state index in [0.29, 0.717) is 11.1 Å². The summed E-state index contributed by atoms with van der Waals surface area (Å²) in [7, 11) is 0. The van der Waals surface area contributed by atoms with Gasteiger partial charge in [-0.1, -0.05) is 0 Å². The van der Waals surface area contributed by atoms with E-state index < -0.39 is 16.7 Å². The Balaban J connectivity index is 1.80. The molecule has 132 valence electrons. The van der Waals surface area contributed by atoms with Crippen molar-refractivity contribution in [3.05, 3.63) is 76.1 Å². The Hall–Kier alpha value is -3.66. The summed E-state index contributed by atoms with van der Waals surface area (Å²) in [4.78, 5) is 37.4. The molecule has 9 nitrogen and oxygen atoms in total. The number of non-ortho nitro benzene ring substituents is 1. The number of benzene rings is 1. The van der Waals surface area contributed by atoms with Crippen LogP contribution in [0.5, 0.6) is 0 Å². The maximum atomic E-state index is 11.8. The molecule has 0 aliphatic rings. The predicted octanol–water partition coefficient (Wildman–Crippen LogP) is 1.34. The molecular weight excluding hydrogens is 358 g/mol. The van der Waals surface area contributed by atoms with E-state index in [2.05, 4.69) is 21.2 Å². The lowest BCUT2D eigenvalue weighted by Gasteiger charge is -2.09. The van der Waals surface area contributed by atoms with Gasteiger partial charge < -0.3 is 0 Å². The number of amides is 2. The van der Waals surface area contributed by atoms with Gasteiger partial charge in [-0.3, -0.25) is 40.9 Å². The van der Waals surface area contributed by atoms with E-state index in [1.54, 1.807) is 0 Å². The lowest BCUT2D eigenvalue weighted by molar-refractivity contribution is -0.384. The van der Waals surface area contributed by atoms with Gasteiger partial charge in [0.15, 0.2) is 5.11 Å². The van der Waals surface area contributed by atoms with Crippen molar-refractivity contribution in [1.29, 1.82) is 0 Å². The highest BCUT2D eigenvalue weighted by molar-refractivity contribution is 7.80. The predicted molar refractivity (Wildman–Crippen MR) is 97.7 cm³/mol. The van der Waals surface area contributed by atoms with E-state index in [1.807, 2.05) is 0 Å². The maximum absolute atomic E-state index is 11.8. The Morgan fingerprint density at radius 2 is 1.73 bits per heavy atom. The van der Waals surface area contributed by atoms with Crippen molar-refractivity contribution in [1.82, 2.24) is 21.2 Å². The molecule has 0 atom stereocenters. The summed E-state index contributed by atoms with van der Waals surface area (Å²) in [6.45, 7) is 0. The molecule has 1 heterocycles. The quantitative estimate of drug-likeness (QED) is 0.320. The molecule has 0 spiro atoms. The summed E-state index contributed by atoms with van der Waals surface area (Å²) in [6.07, 6.45) is 5.62. The van der Waals surface area contributed by atoms with Gasteiger partial charge in [0.25, 0.3) is 11.6 Å². The average molecular weight is 371 g/mol. The van der Waals surface area contributed by atoms with E-state index in [4.69, 9.17) is 12.2 Å². The molecule has 0 fully saturated rings. The Labute approximate surface area is 153 Å². The molecule has 0 saturated heterocycles. The molecule has 0 radical (unpaired) electrons. The van der Waals surface area contributed by atoms with Crippen molar-refractivity contribution in [2.24, 2.45) is 0 Å². The van der Waals surface area contributed by atoms with Crippen molar-refractivity contribution in [2.75, 3.05) is 0 Å². The number of pyridine rings is 1. The fraction of sp³-hybridized carbons (Fsp3) is 0. The topological polar surface area (TPSA) is 126 Å². The zero-order valence-electron chi connectivity index (χ0n) is 13.2. The number of thiocarbonyl (C=S) groups is 1. The number of carbonyl (C=O) groups is 2. The second-order valence-electron chi connectivity index (χ2n) is 4.82. The van der Waals surface area contributed by atoms with Crippen molar-refractivity contribution >= 4 is 40.9 Å². The van der Waals surface area contributed by atoms with E-state index in [9.17, 15) is 19.7 Å². The van der Waals surface area contributed by atoms with Gasteiger partial charge in [0, 0.05) is 36.2 Å². The average Bonchev–Trinajstić information content (AvgIpc) is 2.65. The molecule has 0 aliphatic heterocycles. The second kappa shape index (κ2) is 8.99. The van der Waals surface area contributed by atoms with Gasteiger partial charge in [-0.15, -0.1) is 0 Å². The zero-order valence-corrected chi connectivity index (χ0v) is 14.0. The Morgan fingerprint density at radius 3 is 2.35 bits per heavy atom. The van der Waals surface area contributed by atoms with Gasteiger partial charge >= 0.3 is 0 Å². The van der Waals surface area contributed by atoms with Crippen molar-refractivity contribution in [2.45, 2.75) is 0 Å². The number of carbonyl (C=O) groups excluding carboxylic acids is 2. The minimum Gasteiger partial charge on any atom is -0.298 e. The third-order valence-electron chi connectivity index (χ3n) is 3.00. The number of rotatable bonds is 4. The minimum absolute atomic E-state index is 0.0399. The van der Waals surface area contributed by atoms with Gasteiger partial charge in [0.05, 0.1) is 4.92 Å². The summed E-state index contributed by atoms with van der Waals surface area (Å²) < 4.78 is 0. The SMILES string of the molecule is O=C(/C=C/c1ccc([N+](=O)[O-])cc1)NC(=S)NNC(=O)c1ccncc1. The van der Waals surface area contributed by atoms with Crippen LogP contribution in [0, 0.1) is 10.1 Å². The lowest BCUT2D eigenvalue weighted by atomic mass is 10.2. The summed E-state index contributed by atoms with van der Waals surface area (Å²) in [5.41, 5.74) is 5.68. The normalized spacial score (nSPS) is 10.2. The number of hydrogen-bond acceptors (Lipinski definition) is 6. The first kappa shape index (κ1) is 18.7. The van der Waals surface area contributed by atoms with Crippen LogP contribution < -0.4 is 16.2 Å². The third-order valence-corrected chi connectivity index (χ3v) is 3.20. The molecule has 10 heteroatoms. The van der Waals surface area contributed by atoms with Crippen molar-refractivity contribution in [3.8, 4) is 0 Å². The van der Waals surface area contributed by atoms with E-state index >= 15 is 0 Å². The molecule has 1 aromatic heterocycles. The summed E-state index contributed by atoms with van der Waals surface area (Å²) >= 11 is 4.90. The largest absolute Gasteiger partial charge is 0.298 e. The molecule has 1 aromatic carbocycles. The van der Waals surface area contributed by atoms with Crippen LogP contribution in [0.25, 0.3) is 6.08 Å². The molecule has 2 rings (SSSR count). The van der Waals surface area contributed by atoms with Crippen molar-refractivity contribution < 1.29 is 14.5 Å². The molecule has 26 heavy (non-hydrogen) atoms. The van der Waals surface area contributed by atoms with Crippen LogP contribution in [-0.4, -0.2) is 26.8 Å². The standard InChI is InChI=1S/C16H13N5O4S/c22-14(6-3-11-1-4-13(5-2-11)21(24)25)18-16(26)20-19-15(23)12-7-9-17-10-8-12/h1-10H,(H,19,23)(H2,18,20,22,26)/b6-3+. The summed E-state index contributed by atoms with van der Waals surface area (Å²) in [6, 6.07) is 8.72. The van der Waals surface area contributed by atoms with Crippen LogP contribution >= 0.6 is 12.2 Å². The highest BCUT2D eigenvalue weighted by atomic mass is 32.1. The molecule has 2 amide bonds. The molecule has 0 unspecified atom stereocenters. The number of hydrazine groups is 1. The number of nitro benzene ring substituents is 1. The molecule has 0 aliphatic carbocycles. The van der Waals surface area contributed by atoms with Gasteiger partial charge in [0.2, 0.25) is 5.91 Å². The third kappa shape index (κ3) is 5.76. The number of aromatic nitrogens is 1. The first-order valence-corrected chi connectivity index (χ1v) is 7.60. The van der Waals surface area contributed by atoms with Crippen LogP contribution in [0.4, 0.5) is 5.69 Å². The van der Waals surface area contributed by atoms with E-state index in [1.165, 1.54) is 60.9 Å². The Morgan fingerprint density at radius 1 is 1.08 bits per heavy atom. The first-order valence-electron chi connectivity index (χ1n) is 7.19. The van der Waals surface area contributed by atoms with E-state index in [-0.39, 0.29) is 10.8 Å². The fourth-order valence-corrected chi connectivity index (χ4v) is 1.90. The number of nitrogens with zero attached hydrogens (tertiary/aromatic N) is 2. The van der Waals surface area contributed by atoms with Gasteiger partial charge in [-0.05, 0) is 48.1 Å². The van der Waals surface area contributed by atoms with Gasteiger partial charge in [-0.2, -0.15) is 0 Å². The smallest absolute Gasteiger partial charge is 0.269 e. The monoisotopic (exact) mass is 371 g/mol. The number of hydrogen-bond donors (Lipinski definition) is 3. The molecule has 2 aromatic rings. The summed E-state index contributed by atoms with van der Waals surface area (Å²) in [5, 5.41) is 12.8. The maximum Gasteiger partial charge on any atom is 0.269 e. The van der Waals surface area contributed by atoms with Gasteiger partial charge in [-0.25, -0.2) is 0 Å². The number of nitro groups is 1. The van der Waals surface area contributed by atoms with Crippen LogP contribution in [-0.2, 0) is 4.79 Å². The molecular formula is C16H13N5O4S. The fourth-order valence-electron chi connectivity index (χ4n) is 1.75. The van der Waals surface area contributed by atoms with E-state index in [0.717, 1.165) is 0 Å². The highest BCUT2D eigenvalue weighted by Gasteiger charge is 2.06.